The molecule has 0 spiro atoms. The molecule has 1 aliphatic rings. The lowest BCUT2D eigenvalue weighted by atomic mass is 9.92. The maximum atomic E-state index is 6.00. The van der Waals surface area contributed by atoms with Gasteiger partial charge >= 0.3 is 0 Å². The van der Waals surface area contributed by atoms with Crippen LogP contribution >= 0.6 is 0 Å². The van der Waals surface area contributed by atoms with Gasteiger partial charge in [-0.25, -0.2) is 0 Å². The van der Waals surface area contributed by atoms with Crippen molar-refractivity contribution in [3.05, 3.63) is 78.4 Å². The molecule has 37 heavy (non-hydrogen) atoms. The summed E-state index contributed by atoms with van der Waals surface area (Å²) in [5, 5.41) is 7.53. The third kappa shape index (κ3) is 5.23. The summed E-state index contributed by atoms with van der Waals surface area (Å²) in [5.74, 6) is 1.30. The fourth-order valence-corrected chi connectivity index (χ4v) is 4.79. The smallest absolute Gasteiger partial charge is 0.163 e. The van der Waals surface area contributed by atoms with Gasteiger partial charge in [0.15, 0.2) is 11.5 Å². The average Bonchev–Trinajstić information content (AvgIpc) is 2.94. The molecule has 0 amide bonds. The van der Waals surface area contributed by atoms with Crippen LogP contribution in [0.2, 0.25) is 0 Å². The highest BCUT2D eigenvalue weighted by Crippen LogP contribution is 2.36. The maximum Gasteiger partial charge on any atom is 0.163 e. The Morgan fingerprint density at radius 1 is 0.541 bits per heavy atom. The Labute approximate surface area is 215 Å². The number of rotatable bonds is 2. The topological polar surface area (TPSA) is 58.5 Å². The van der Waals surface area contributed by atoms with E-state index >= 15 is 0 Å². The van der Waals surface area contributed by atoms with E-state index in [9.17, 15) is 0 Å². The van der Waals surface area contributed by atoms with Crippen molar-refractivity contribution in [3.63, 3.8) is 0 Å². The zero-order chi connectivity index (χ0) is 24.9. The Morgan fingerprint density at radius 3 is 1.86 bits per heavy atom. The predicted octanol–water partition coefficient (Wildman–Crippen LogP) is 6.16. The molecular weight excluding hydrogens is 466 g/mol. The highest BCUT2D eigenvalue weighted by Gasteiger charge is 2.11. The number of benzene rings is 5. The first kappa shape index (κ1) is 23.7. The molecule has 0 saturated carbocycles. The lowest BCUT2D eigenvalue weighted by molar-refractivity contribution is 0.00708. The van der Waals surface area contributed by atoms with Gasteiger partial charge in [0, 0.05) is 17.8 Å². The Bertz CT molecular complexity index is 1510. The van der Waals surface area contributed by atoms with Gasteiger partial charge in [0.2, 0.25) is 0 Å². The summed E-state index contributed by atoms with van der Waals surface area (Å²) in [5.41, 5.74) is 1.86. The van der Waals surface area contributed by atoms with E-state index in [1.54, 1.807) is 0 Å². The molecule has 6 rings (SSSR count). The van der Waals surface area contributed by atoms with Crippen LogP contribution in [0, 0.1) is 0 Å². The SMILES string of the molecule is C(=Nc1ccc2c(c1)OCCOCCOCCOCCO2)c1ccc2ccc3cccc4ccc1c2c34. The van der Waals surface area contributed by atoms with Crippen molar-refractivity contribution in [3.8, 4) is 11.5 Å². The van der Waals surface area contributed by atoms with Crippen LogP contribution in [-0.4, -0.2) is 59.1 Å². The van der Waals surface area contributed by atoms with E-state index < -0.39 is 0 Å². The van der Waals surface area contributed by atoms with Crippen LogP contribution in [0.4, 0.5) is 5.69 Å². The Hall–Kier alpha value is -3.71. The second-order valence-corrected chi connectivity index (χ2v) is 8.93. The molecule has 0 fully saturated rings. The number of fused-ring (bicyclic) bond motifs is 1. The largest absolute Gasteiger partial charge is 0.487 e. The van der Waals surface area contributed by atoms with Gasteiger partial charge in [-0.15, -0.1) is 0 Å². The molecule has 0 aliphatic carbocycles. The van der Waals surface area contributed by atoms with E-state index in [0.29, 0.717) is 64.4 Å². The second kappa shape index (κ2) is 11.1. The van der Waals surface area contributed by atoms with Gasteiger partial charge in [-0.05, 0) is 44.5 Å². The lowest BCUT2D eigenvalue weighted by Crippen LogP contribution is -2.13. The third-order valence-corrected chi connectivity index (χ3v) is 6.56. The van der Waals surface area contributed by atoms with E-state index in [2.05, 4.69) is 54.6 Å². The van der Waals surface area contributed by atoms with Crippen LogP contribution in [-0.2, 0) is 14.2 Å². The van der Waals surface area contributed by atoms with Gasteiger partial charge in [-0.2, -0.15) is 0 Å². The zero-order valence-electron chi connectivity index (χ0n) is 20.7. The van der Waals surface area contributed by atoms with Crippen molar-refractivity contribution < 1.29 is 23.7 Å². The maximum absolute atomic E-state index is 6.00. The molecule has 6 nitrogen and oxygen atoms in total. The highest BCUT2D eigenvalue weighted by molar-refractivity contribution is 6.25. The molecule has 188 valence electrons. The monoisotopic (exact) mass is 495 g/mol. The molecule has 0 unspecified atom stereocenters. The van der Waals surface area contributed by atoms with Crippen LogP contribution < -0.4 is 9.47 Å². The van der Waals surface area contributed by atoms with Gasteiger partial charge in [0.05, 0.1) is 45.3 Å². The fourth-order valence-electron chi connectivity index (χ4n) is 4.79. The summed E-state index contributed by atoms with van der Waals surface area (Å²) < 4.78 is 28.5. The Balaban J connectivity index is 1.28. The summed E-state index contributed by atoms with van der Waals surface area (Å²) >= 11 is 0. The number of ether oxygens (including phenoxy) is 5. The number of nitrogens with zero attached hydrogens (tertiary/aromatic N) is 1. The number of aliphatic imine (C=N–C) groups is 1. The molecule has 0 saturated heterocycles. The van der Waals surface area contributed by atoms with Crippen molar-refractivity contribution >= 4 is 44.2 Å². The van der Waals surface area contributed by atoms with Crippen molar-refractivity contribution in [1.82, 2.24) is 0 Å². The quantitative estimate of drug-likeness (QED) is 0.217. The molecule has 6 heteroatoms. The Kier molecular flexibility index (Phi) is 7.12. The average molecular weight is 496 g/mol. The first-order chi connectivity index (χ1) is 18.4. The van der Waals surface area contributed by atoms with Gasteiger partial charge in [0.25, 0.3) is 0 Å². The molecule has 5 aromatic carbocycles. The summed E-state index contributed by atoms with van der Waals surface area (Å²) in [7, 11) is 0. The van der Waals surface area contributed by atoms with E-state index in [1.165, 1.54) is 32.3 Å². The molecule has 1 heterocycles. The van der Waals surface area contributed by atoms with Crippen LogP contribution in [0.15, 0.2) is 77.8 Å². The molecule has 0 N–H and O–H groups in total. The number of hydrogen-bond acceptors (Lipinski definition) is 6. The van der Waals surface area contributed by atoms with Crippen molar-refractivity contribution in [2.45, 2.75) is 0 Å². The zero-order valence-corrected chi connectivity index (χ0v) is 20.7. The molecule has 1 aliphatic heterocycles. The van der Waals surface area contributed by atoms with Crippen molar-refractivity contribution in [1.29, 1.82) is 0 Å². The fraction of sp³-hybridized carbons (Fsp3) is 0.258. The highest BCUT2D eigenvalue weighted by atomic mass is 16.6. The Morgan fingerprint density at radius 2 is 1.14 bits per heavy atom. The summed E-state index contributed by atoms with van der Waals surface area (Å²) in [4.78, 5) is 4.80. The molecular formula is C31H29NO5. The minimum atomic E-state index is 0.412. The van der Waals surface area contributed by atoms with Crippen LogP contribution in [0.3, 0.4) is 0 Å². The van der Waals surface area contributed by atoms with E-state index in [4.69, 9.17) is 28.7 Å². The second-order valence-electron chi connectivity index (χ2n) is 8.93. The first-order valence-electron chi connectivity index (χ1n) is 12.7. The van der Waals surface area contributed by atoms with Gasteiger partial charge in [-0.3, -0.25) is 4.99 Å². The summed E-state index contributed by atoms with van der Waals surface area (Å²) in [6.07, 6.45) is 1.93. The minimum absolute atomic E-state index is 0.412. The van der Waals surface area contributed by atoms with Crippen LogP contribution in [0.1, 0.15) is 5.56 Å². The van der Waals surface area contributed by atoms with Crippen molar-refractivity contribution in [2.75, 3.05) is 52.9 Å². The van der Waals surface area contributed by atoms with Gasteiger partial charge < -0.3 is 23.7 Å². The van der Waals surface area contributed by atoms with Crippen LogP contribution in [0.5, 0.6) is 11.5 Å². The normalized spacial score (nSPS) is 16.3. The molecule has 0 aromatic heterocycles. The van der Waals surface area contributed by atoms with Crippen LogP contribution in [0.25, 0.3) is 32.3 Å². The molecule has 0 atom stereocenters. The standard InChI is InChI=1S/C31H29NO5/c1-2-22-4-5-24-6-7-25(27-10-8-23(3-1)30(22)31(24)27)21-32-26-9-11-28-29(20-26)37-19-17-35-15-13-33-12-14-34-16-18-36-28/h1-11,20-21H,12-19H2. The van der Waals surface area contributed by atoms with Gasteiger partial charge in [0.1, 0.15) is 13.2 Å². The molecule has 0 bridgehead atoms. The summed E-state index contributed by atoms with van der Waals surface area (Å²) in [6.45, 7) is 3.93. The van der Waals surface area contributed by atoms with E-state index in [0.717, 1.165) is 11.3 Å². The van der Waals surface area contributed by atoms with E-state index in [1.807, 2.05) is 24.4 Å². The molecule has 5 aromatic rings. The van der Waals surface area contributed by atoms with Crippen molar-refractivity contribution in [2.24, 2.45) is 4.99 Å². The third-order valence-electron chi connectivity index (χ3n) is 6.56. The molecule has 0 radical (unpaired) electrons. The first-order valence-corrected chi connectivity index (χ1v) is 12.7. The minimum Gasteiger partial charge on any atom is -0.487 e. The lowest BCUT2D eigenvalue weighted by Gasteiger charge is -2.14. The summed E-state index contributed by atoms with van der Waals surface area (Å²) in [6, 6.07) is 25.3. The van der Waals surface area contributed by atoms with Gasteiger partial charge in [-0.1, -0.05) is 54.6 Å². The van der Waals surface area contributed by atoms with E-state index in [-0.39, 0.29) is 0 Å². The number of hydrogen-bond donors (Lipinski definition) is 0. The predicted molar refractivity (Wildman–Crippen MR) is 147 cm³/mol.